The van der Waals surface area contributed by atoms with Crippen molar-refractivity contribution < 1.29 is 28.6 Å². The Kier molecular flexibility index (Phi) is 9.68. The molecule has 2 saturated carbocycles. The number of pyridine rings is 1. The number of carbonyl (C=O) groups is 2. The number of Topliss-reactive ketones (excluding diaryl/α,β-unsaturated/α-hetero) is 1. The number of ether oxygens (including phenoxy) is 2. The first-order valence-electron chi connectivity index (χ1n) is 18.1. The van der Waals surface area contributed by atoms with Crippen molar-refractivity contribution in [3.63, 3.8) is 0 Å². The average molecular weight is 648 g/mol. The number of likely N-dealkylation sites (N-methyl/N-ethyl adjacent to an activating group) is 1. The molecule has 3 heterocycles. The lowest BCUT2D eigenvalue weighted by molar-refractivity contribution is -0.144. The second-order valence-electron chi connectivity index (χ2n) is 14.7. The number of rotatable bonds is 11. The van der Waals surface area contributed by atoms with Crippen molar-refractivity contribution in [3.05, 3.63) is 58.0 Å². The first-order chi connectivity index (χ1) is 22.8. The van der Waals surface area contributed by atoms with Gasteiger partial charge in [-0.25, -0.2) is 9.37 Å². The molecule has 254 valence electrons. The van der Waals surface area contributed by atoms with Gasteiger partial charge in [0.15, 0.2) is 0 Å². The third kappa shape index (κ3) is 6.73. The monoisotopic (exact) mass is 647 g/mol. The minimum Gasteiger partial charge on any atom is -0.480 e. The van der Waals surface area contributed by atoms with Gasteiger partial charge in [0.2, 0.25) is 0 Å². The highest BCUT2D eigenvalue weighted by Gasteiger charge is 2.58. The Labute approximate surface area is 277 Å². The fraction of sp³-hybridized carbons (Fsp3) is 0.658. The summed E-state index contributed by atoms with van der Waals surface area (Å²) in [6, 6.07) is 6.30. The average Bonchev–Trinajstić information content (AvgIpc) is 3.76. The molecular weight excluding hydrogens is 597 g/mol. The van der Waals surface area contributed by atoms with Crippen molar-refractivity contribution in [2.75, 3.05) is 38.7 Å². The predicted molar refractivity (Wildman–Crippen MR) is 177 cm³/mol. The molecule has 47 heavy (non-hydrogen) atoms. The zero-order valence-corrected chi connectivity index (χ0v) is 27.8. The first-order valence-corrected chi connectivity index (χ1v) is 18.1. The Morgan fingerprint density at radius 2 is 1.96 bits per heavy atom. The van der Waals surface area contributed by atoms with Crippen LogP contribution in [-0.2, 0) is 43.7 Å². The van der Waals surface area contributed by atoms with Gasteiger partial charge in [-0.1, -0.05) is 6.07 Å². The molecular formula is C38H50FN3O5. The highest BCUT2D eigenvalue weighted by molar-refractivity contribution is 5.97. The maximum Gasteiger partial charge on any atom is 0.325 e. The number of aromatic nitrogens is 1. The van der Waals surface area contributed by atoms with Crippen LogP contribution in [0.3, 0.4) is 0 Å². The number of carboxylic acid groups (broad SMARTS) is 1. The summed E-state index contributed by atoms with van der Waals surface area (Å²) in [6.07, 6.45) is 12.1. The number of aryl methyl sites for hydroxylation is 3. The number of benzene rings is 1. The van der Waals surface area contributed by atoms with Crippen LogP contribution in [-0.4, -0.2) is 72.3 Å². The van der Waals surface area contributed by atoms with Gasteiger partial charge in [0, 0.05) is 44.0 Å². The van der Waals surface area contributed by atoms with E-state index in [-0.39, 0.29) is 29.8 Å². The van der Waals surface area contributed by atoms with Gasteiger partial charge < -0.3 is 19.9 Å². The maximum absolute atomic E-state index is 15.3. The standard InChI is InChI=1S/C38H50FN3O5/c1-42(29-10-11-30(23-29)47-18-3-2-6-28-9-7-25-5-4-17-40-36(25)41-28)34(37(44)45)32-22-27(39)21-26-8-12-31(24-13-19-46-20-14-24)35(43)38(15-16-38)33(26)32/h7,9,21-22,24,29-31,34H,2-6,8,10-20,23H2,1H3,(H,40,41)(H,44,45)/t29-,30-,31?,34-/m0/s1. The van der Waals surface area contributed by atoms with E-state index in [1.54, 1.807) is 6.07 Å². The van der Waals surface area contributed by atoms with Gasteiger partial charge in [0.1, 0.15) is 23.5 Å². The van der Waals surface area contributed by atoms with Crippen molar-refractivity contribution in [2.24, 2.45) is 11.8 Å². The van der Waals surface area contributed by atoms with Crippen LogP contribution >= 0.6 is 0 Å². The third-order valence-electron chi connectivity index (χ3n) is 11.8. The number of ketones is 1. The Hall–Kier alpha value is -2.88. The van der Waals surface area contributed by atoms with Gasteiger partial charge >= 0.3 is 5.97 Å². The van der Waals surface area contributed by atoms with E-state index >= 15 is 4.39 Å². The second-order valence-corrected chi connectivity index (χ2v) is 14.7. The maximum atomic E-state index is 15.3. The number of fused-ring (bicyclic) bond motifs is 3. The summed E-state index contributed by atoms with van der Waals surface area (Å²) in [6.45, 7) is 3.01. The molecule has 1 spiro atoms. The molecule has 1 aromatic heterocycles. The molecule has 1 saturated heterocycles. The SMILES string of the molecule is CN([C@H]1CC[C@H](OCCCCc2ccc3c(n2)NCCC3)C1)[C@H](C(=O)O)c1cc(F)cc2c1C1(CC1)C(=O)C(C1CCOCC1)CC2. The molecule has 2 aliphatic heterocycles. The Balaban J connectivity index is 0.995. The molecule has 8 nitrogen and oxygen atoms in total. The summed E-state index contributed by atoms with van der Waals surface area (Å²) in [4.78, 5) is 34.0. The van der Waals surface area contributed by atoms with Crippen molar-refractivity contribution >= 4 is 17.6 Å². The van der Waals surface area contributed by atoms with Crippen LogP contribution in [0.4, 0.5) is 10.2 Å². The highest BCUT2D eigenvalue weighted by Crippen LogP contribution is 2.57. The van der Waals surface area contributed by atoms with Crippen LogP contribution in [0.5, 0.6) is 0 Å². The number of nitrogens with one attached hydrogen (secondary N) is 1. The quantitative estimate of drug-likeness (QED) is 0.279. The predicted octanol–water partition coefficient (Wildman–Crippen LogP) is 6.19. The van der Waals surface area contributed by atoms with Gasteiger partial charge in [0.05, 0.1) is 11.5 Å². The molecule has 0 bridgehead atoms. The van der Waals surface area contributed by atoms with Crippen LogP contribution < -0.4 is 5.32 Å². The largest absolute Gasteiger partial charge is 0.480 e. The Morgan fingerprint density at radius 3 is 2.74 bits per heavy atom. The number of anilines is 1. The third-order valence-corrected chi connectivity index (χ3v) is 11.8. The normalized spacial score (nSPS) is 26.0. The molecule has 3 aliphatic carbocycles. The van der Waals surface area contributed by atoms with Gasteiger partial charge in [-0.05, 0) is 143 Å². The van der Waals surface area contributed by atoms with E-state index < -0.39 is 23.2 Å². The first kappa shape index (κ1) is 32.7. The van der Waals surface area contributed by atoms with E-state index in [0.717, 1.165) is 93.4 Å². The van der Waals surface area contributed by atoms with E-state index in [2.05, 4.69) is 17.4 Å². The van der Waals surface area contributed by atoms with E-state index in [4.69, 9.17) is 14.5 Å². The molecule has 2 aromatic rings. The van der Waals surface area contributed by atoms with Crippen molar-refractivity contribution in [3.8, 4) is 0 Å². The lowest BCUT2D eigenvalue weighted by Crippen LogP contribution is -2.40. The molecule has 0 amide bonds. The van der Waals surface area contributed by atoms with Crippen molar-refractivity contribution in [2.45, 2.75) is 113 Å². The van der Waals surface area contributed by atoms with E-state index in [1.807, 2.05) is 11.9 Å². The molecule has 9 heteroatoms. The number of aliphatic carboxylic acids is 1. The number of unbranched alkanes of at least 4 members (excludes halogenated alkanes) is 1. The number of halogens is 1. The fourth-order valence-electron chi connectivity index (χ4n) is 9.13. The van der Waals surface area contributed by atoms with Gasteiger partial charge in [-0.3, -0.25) is 14.5 Å². The number of nitrogens with zero attached hydrogens (tertiary/aromatic N) is 2. The fourth-order valence-corrected chi connectivity index (χ4v) is 9.13. The van der Waals surface area contributed by atoms with Gasteiger partial charge in [-0.15, -0.1) is 0 Å². The minimum atomic E-state index is -1.02. The van der Waals surface area contributed by atoms with E-state index in [0.29, 0.717) is 51.1 Å². The van der Waals surface area contributed by atoms with Crippen LogP contribution in [0, 0.1) is 17.7 Å². The lowest BCUT2D eigenvalue weighted by Gasteiger charge is -2.34. The Morgan fingerprint density at radius 1 is 1.13 bits per heavy atom. The van der Waals surface area contributed by atoms with E-state index in [9.17, 15) is 14.7 Å². The molecule has 1 unspecified atom stereocenters. The molecule has 5 aliphatic rings. The van der Waals surface area contributed by atoms with Crippen LogP contribution in [0.25, 0.3) is 0 Å². The molecule has 3 fully saturated rings. The molecule has 2 N–H and O–H groups in total. The van der Waals surface area contributed by atoms with Gasteiger partial charge in [0.25, 0.3) is 0 Å². The minimum absolute atomic E-state index is 0.00108. The van der Waals surface area contributed by atoms with Crippen molar-refractivity contribution in [1.82, 2.24) is 9.88 Å². The summed E-state index contributed by atoms with van der Waals surface area (Å²) >= 11 is 0. The summed E-state index contributed by atoms with van der Waals surface area (Å²) in [5.41, 5.74) is 3.86. The summed E-state index contributed by atoms with van der Waals surface area (Å²) in [7, 11) is 1.85. The smallest absolute Gasteiger partial charge is 0.325 e. The van der Waals surface area contributed by atoms with Crippen molar-refractivity contribution in [1.29, 1.82) is 0 Å². The van der Waals surface area contributed by atoms with Crippen LogP contribution in [0.15, 0.2) is 24.3 Å². The lowest BCUT2D eigenvalue weighted by atomic mass is 9.75. The second kappa shape index (κ2) is 13.9. The summed E-state index contributed by atoms with van der Waals surface area (Å²) < 4.78 is 27.2. The van der Waals surface area contributed by atoms with Crippen LogP contribution in [0.2, 0.25) is 0 Å². The molecule has 4 atom stereocenters. The number of hydrogen-bond donors (Lipinski definition) is 2. The Bertz CT molecular complexity index is 1470. The summed E-state index contributed by atoms with van der Waals surface area (Å²) in [5, 5.41) is 14.1. The topological polar surface area (TPSA) is 101 Å². The molecule has 7 rings (SSSR count). The van der Waals surface area contributed by atoms with Gasteiger partial charge in [-0.2, -0.15) is 0 Å². The molecule has 0 radical (unpaired) electrons. The zero-order chi connectivity index (χ0) is 32.5. The van der Waals surface area contributed by atoms with E-state index in [1.165, 1.54) is 11.6 Å². The zero-order valence-electron chi connectivity index (χ0n) is 27.8. The highest BCUT2D eigenvalue weighted by atomic mass is 19.1. The van der Waals surface area contributed by atoms with Crippen LogP contribution in [0.1, 0.15) is 105 Å². The number of carboxylic acids is 1. The summed E-state index contributed by atoms with van der Waals surface area (Å²) in [5.74, 6) is 0.0751. The number of hydrogen-bond acceptors (Lipinski definition) is 7. The molecule has 1 aromatic carbocycles. The number of carbonyl (C=O) groups excluding carboxylic acids is 1.